The minimum absolute atomic E-state index is 0.0781. The van der Waals surface area contributed by atoms with Crippen molar-refractivity contribution in [1.82, 2.24) is 0 Å². The molecule has 0 bridgehead atoms. The average molecular weight is 341 g/mol. The third-order valence-corrected chi connectivity index (χ3v) is 3.66. The van der Waals surface area contributed by atoms with Crippen molar-refractivity contribution in [1.29, 1.82) is 0 Å². The third kappa shape index (κ3) is 5.52. The molecule has 17 heavy (non-hydrogen) atoms. The number of hydrogen-bond donors (Lipinski definition) is 1. The second kappa shape index (κ2) is 5.84. The quantitative estimate of drug-likeness (QED) is 0.916. The highest BCUT2D eigenvalue weighted by Crippen LogP contribution is 2.25. The van der Waals surface area contributed by atoms with Crippen molar-refractivity contribution in [3.8, 4) is 0 Å². The molecule has 0 spiro atoms. The Labute approximate surface area is 113 Å². The molecule has 0 unspecified atom stereocenters. The minimum atomic E-state index is -3.13. The van der Waals surface area contributed by atoms with E-state index in [4.69, 9.17) is 11.6 Å². The molecule has 0 aliphatic heterocycles. The van der Waals surface area contributed by atoms with Gasteiger partial charge in [-0.2, -0.15) is 0 Å². The van der Waals surface area contributed by atoms with E-state index >= 15 is 0 Å². The number of halogens is 2. The van der Waals surface area contributed by atoms with Gasteiger partial charge in [0.15, 0.2) is 0 Å². The van der Waals surface area contributed by atoms with Crippen LogP contribution in [0.3, 0.4) is 0 Å². The largest absolute Gasteiger partial charge is 0.325 e. The van der Waals surface area contributed by atoms with Crippen molar-refractivity contribution in [2.45, 2.75) is 6.42 Å². The van der Waals surface area contributed by atoms with E-state index in [1.807, 2.05) is 0 Å². The van der Waals surface area contributed by atoms with E-state index in [0.717, 1.165) is 10.7 Å². The summed E-state index contributed by atoms with van der Waals surface area (Å²) in [5.74, 6) is -0.549. The van der Waals surface area contributed by atoms with Gasteiger partial charge in [0.25, 0.3) is 0 Å². The van der Waals surface area contributed by atoms with Gasteiger partial charge in [-0.1, -0.05) is 27.5 Å². The number of carbonyl (C=O) groups excluding carboxylic acids is 1. The van der Waals surface area contributed by atoms with E-state index in [0.29, 0.717) is 10.7 Å². The van der Waals surface area contributed by atoms with E-state index < -0.39 is 9.84 Å². The van der Waals surface area contributed by atoms with Gasteiger partial charge < -0.3 is 5.32 Å². The highest BCUT2D eigenvalue weighted by atomic mass is 79.9. The third-order valence-electron chi connectivity index (χ3n) is 1.91. The minimum Gasteiger partial charge on any atom is -0.325 e. The van der Waals surface area contributed by atoms with Crippen LogP contribution < -0.4 is 5.32 Å². The van der Waals surface area contributed by atoms with Gasteiger partial charge in [0.05, 0.1) is 16.5 Å². The van der Waals surface area contributed by atoms with Crippen molar-refractivity contribution in [2.24, 2.45) is 0 Å². The summed E-state index contributed by atoms with van der Waals surface area (Å²) in [5.41, 5.74) is 0.466. The summed E-state index contributed by atoms with van der Waals surface area (Å²) in [6, 6.07) is 5.02. The van der Waals surface area contributed by atoms with Gasteiger partial charge in [-0.3, -0.25) is 4.79 Å². The molecule has 1 aromatic rings. The van der Waals surface area contributed by atoms with E-state index in [9.17, 15) is 13.2 Å². The fourth-order valence-electron chi connectivity index (χ4n) is 1.08. The van der Waals surface area contributed by atoms with Gasteiger partial charge >= 0.3 is 0 Å². The zero-order chi connectivity index (χ0) is 13.1. The topological polar surface area (TPSA) is 63.2 Å². The Morgan fingerprint density at radius 2 is 2.12 bits per heavy atom. The molecule has 1 aromatic carbocycles. The first-order chi connectivity index (χ1) is 7.78. The molecule has 94 valence electrons. The molecule has 0 fully saturated rings. The molecule has 7 heteroatoms. The number of anilines is 1. The highest BCUT2D eigenvalue weighted by Gasteiger charge is 2.09. The molecule has 0 radical (unpaired) electrons. The fourth-order valence-corrected chi connectivity index (χ4v) is 2.36. The second-order valence-electron chi connectivity index (χ2n) is 3.55. The number of nitrogens with one attached hydrogen (secondary N) is 1. The summed E-state index contributed by atoms with van der Waals surface area (Å²) in [6.45, 7) is 0. The lowest BCUT2D eigenvalue weighted by atomic mass is 10.3. The van der Waals surface area contributed by atoms with Crippen LogP contribution >= 0.6 is 27.5 Å². The Morgan fingerprint density at radius 1 is 1.47 bits per heavy atom. The van der Waals surface area contributed by atoms with Crippen LogP contribution in [0.5, 0.6) is 0 Å². The predicted molar refractivity (Wildman–Crippen MR) is 72.1 cm³/mol. The Bertz CT molecular complexity index is 530. The van der Waals surface area contributed by atoms with Gasteiger partial charge in [-0.25, -0.2) is 8.42 Å². The smallest absolute Gasteiger partial charge is 0.225 e. The molecule has 0 aliphatic carbocycles. The van der Waals surface area contributed by atoms with Crippen LogP contribution in [0, 0.1) is 0 Å². The zero-order valence-corrected chi connectivity index (χ0v) is 12.2. The Morgan fingerprint density at radius 3 is 2.65 bits per heavy atom. The first kappa shape index (κ1) is 14.5. The molecule has 0 aliphatic rings. The molecule has 0 saturated heterocycles. The van der Waals surface area contributed by atoms with E-state index in [-0.39, 0.29) is 18.1 Å². The average Bonchev–Trinajstić information content (AvgIpc) is 2.18. The first-order valence-corrected chi connectivity index (χ1v) is 7.94. The number of rotatable bonds is 4. The Hall–Kier alpha value is -0.590. The lowest BCUT2D eigenvalue weighted by Gasteiger charge is -2.07. The summed E-state index contributed by atoms with van der Waals surface area (Å²) in [4.78, 5) is 11.5. The predicted octanol–water partition coefficient (Wildman–Crippen LogP) is 2.48. The monoisotopic (exact) mass is 339 g/mol. The SMILES string of the molecule is CS(=O)(=O)CCC(=O)Nc1ccc(Br)cc1Cl. The zero-order valence-electron chi connectivity index (χ0n) is 9.04. The van der Waals surface area contributed by atoms with Crippen molar-refractivity contribution in [3.05, 3.63) is 27.7 Å². The standard InChI is InChI=1S/C10H11BrClNO3S/c1-17(15,16)5-4-10(14)13-9-3-2-7(11)6-8(9)12/h2-3,6H,4-5H2,1H3,(H,13,14). The van der Waals surface area contributed by atoms with Crippen LogP contribution in [0.15, 0.2) is 22.7 Å². The van der Waals surface area contributed by atoms with Crippen LogP contribution in [0.25, 0.3) is 0 Å². The van der Waals surface area contributed by atoms with Gasteiger partial charge in [0.2, 0.25) is 5.91 Å². The number of sulfone groups is 1. The van der Waals surface area contributed by atoms with Crippen molar-refractivity contribution >= 4 is 49.0 Å². The summed E-state index contributed by atoms with van der Waals surface area (Å²) < 4.78 is 22.6. The van der Waals surface area contributed by atoms with Crippen molar-refractivity contribution in [2.75, 3.05) is 17.3 Å². The molecular weight excluding hydrogens is 330 g/mol. The van der Waals surface area contributed by atoms with Crippen LogP contribution in [-0.2, 0) is 14.6 Å². The van der Waals surface area contributed by atoms with E-state index in [2.05, 4.69) is 21.2 Å². The normalized spacial score (nSPS) is 11.2. The van der Waals surface area contributed by atoms with E-state index in [1.165, 1.54) is 0 Å². The molecule has 0 heterocycles. The highest BCUT2D eigenvalue weighted by molar-refractivity contribution is 9.10. The van der Waals surface area contributed by atoms with Crippen molar-refractivity contribution in [3.63, 3.8) is 0 Å². The molecule has 1 amide bonds. The van der Waals surface area contributed by atoms with Crippen molar-refractivity contribution < 1.29 is 13.2 Å². The molecule has 0 aromatic heterocycles. The molecule has 4 nitrogen and oxygen atoms in total. The van der Waals surface area contributed by atoms with Gasteiger partial charge in [-0.05, 0) is 18.2 Å². The lowest BCUT2D eigenvalue weighted by Crippen LogP contribution is -2.16. The molecule has 0 saturated carbocycles. The van der Waals surface area contributed by atoms with Gasteiger partial charge in [0, 0.05) is 17.1 Å². The maximum atomic E-state index is 11.5. The summed E-state index contributed by atoms with van der Waals surface area (Å²) >= 11 is 9.14. The number of amides is 1. The summed E-state index contributed by atoms with van der Waals surface area (Å²) in [6.07, 6.45) is 1.01. The molecular formula is C10H11BrClNO3S. The van der Waals surface area contributed by atoms with E-state index in [1.54, 1.807) is 18.2 Å². The summed E-state index contributed by atoms with van der Waals surface area (Å²) in [5, 5.41) is 2.95. The van der Waals surface area contributed by atoms with Crippen LogP contribution in [0.1, 0.15) is 6.42 Å². The number of benzene rings is 1. The number of hydrogen-bond acceptors (Lipinski definition) is 3. The second-order valence-corrected chi connectivity index (χ2v) is 7.13. The van der Waals surface area contributed by atoms with Crippen LogP contribution in [0.2, 0.25) is 5.02 Å². The molecule has 1 N–H and O–H groups in total. The number of carbonyl (C=O) groups is 1. The van der Waals surface area contributed by atoms with Crippen LogP contribution in [0.4, 0.5) is 5.69 Å². The maximum absolute atomic E-state index is 11.5. The first-order valence-electron chi connectivity index (χ1n) is 4.70. The molecule has 0 atom stereocenters. The summed E-state index contributed by atoms with van der Waals surface area (Å²) in [7, 11) is -3.13. The lowest BCUT2D eigenvalue weighted by molar-refractivity contribution is -0.115. The maximum Gasteiger partial charge on any atom is 0.225 e. The van der Waals surface area contributed by atoms with Crippen LogP contribution in [-0.4, -0.2) is 26.3 Å². The van der Waals surface area contributed by atoms with Gasteiger partial charge in [-0.15, -0.1) is 0 Å². The Kier molecular flexibility index (Phi) is 4.97. The molecule has 1 rings (SSSR count). The fraction of sp³-hybridized carbons (Fsp3) is 0.300. The van der Waals surface area contributed by atoms with Gasteiger partial charge in [0.1, 0.15) is 9.84 Å². The Balaban J connectivity index is 2.62.